The third-order valence-electron chi connectivity index (χ3n) is 1.76. The van der Waals surface area contributed by atoms with Crippen molar-refractivity contribution in [1.82, 2.24) is 0 Å². The van der Waals surface area contributed by atoms with Crippen molar-refractivity contribution in [3.8, 4) is 0 Å². The number of hydrogen-bond acceptors (Lipinski definition) is 2. The van der Waals surface area contributed by atoms with Gasteiger partial charge in [0.05, 0.1) is 4.47 Å². The highest BCUT2D eigenvalue weighted by atomic mass is 79.9. The smallest absolute Gasteiger partial charge is 0.320 e. The second-order valence-electron chi connectivity index (χ2n) is 2.90. The molecular formula is C9H10BrClFNO2. The van der Waals surface area contributed by atoms with E-state index in [1.807, 2.05) is 0 Å². The van der Waals surface area contributed by atoms with Crippen LogP contribution in [-0.2, 0) is 11.2 Å². The second-order valence-corrected chi connectivity index (χ2v) is 3.75. The molecule has 0 aliphatic heterocycles. The zero-order chi connectivity index (χ0) is 10.7. The number of benzene rings is 1. The summed E-state index contributed by atoms with van der Waals surface area (Å²) in [7, 11) is 0. The first-order chi connectivity index (χ1) is 6.50. The molecule has 1 rings (SSSR count). The Labute approximate surface area is 101 Å². The number of nitrogens with two attached hydrogens (primary N) is 1. The zero-order valence-corrected chi connectivity index (χ0v) is 10.0. The van der Waals surface area contributed by atoms with E-state index in [0.29, 0.717) is 10.0 Å². The van der Waals surface area contributed by atoms with Crippen LogP contribution in [0.4, 0.5) is 4.39 Å². The molecule has 3 nitrogen and oxygen atoms in total. The van der Waals surface area contributed by atoms with E-state index in [0.717, 1.165) is 0 Å². The van der Waals surface area contributed by atoms with Crippen LogP contribution in [0, 0.1) is 5.82 Å². The number of carboxylic acid groups (broad SMARTS) is 1. The average Bonchev–Trinajstić information content (AvgIpc) is 2.11. The SMILES string of the molecule is Cl.N[C@@H](Cc1ccc(Br)c(F)c1)C(=O)O. The lowest BCUT2D eigenvalue weighted by Gasteiger charge is -2.06. The number of carboxylic acids is 1. The van der Waals surface area contributed by atoms with Gasteiger partial charge in [-0.05, 0) is 40.0 Å². The van der Waals surface area contributed by atoms with E-state index in [4.69, 9.17) is 10.8 Å². The molecule has 0 aliphatic carbocycles. The molecule has 1 aromatic carbocycles. The van der Waals surface area contributed by atoms with Crippen LogP contribution in [0.2, 0.25) is 0 Å². The van der Waals surface area contributed by atoms with E-state index in [2.05, 4.69) is 15.9 Å². The summed E-state index contributed by atoms with van der Waals surface area (Å²) >= 11 is 3.00. The van der Waals surface area contributed by atoms with E-state index in [1.54, 1.807) is 6.07 Å². The second kappa shape index (κ2) is 6.05. The van der Waals surface area contributed by atoms with Gasteiger partial charge in [0.1, 0.15) is 11.9 Å². The molecule has 0 heterocycles. The van der Waals surface area contributed by atoms with Crippen LogP contribution < -0.4 is 5.73 Å². The lowest BCUT2D eigenvalue weighted by atomic mass is 10.1. The van der Waals surface area contributed by atoms with Gasteiger partial charge in [-0.25, -0.2) is 4.39 Å². The third-order valence-corrected chi connectivity index (χ3v) is 2.40. The monoisotopic (exact) mass is 297 g/mol. The van der Waals surface area contributed by atoms with E-state index in [1.165, 1.54) is 12.1 Å². The van der Waals surface area contributed by atoms with E-state index >= 15 is 0 Å². The highest BCUT2D eigenvalue weighted by molar-refractivity contribution is 9.10. The lowest BCUT2D eigenvalue weighted by Crippen LogP contribution is -2.32. The maximum atomic E-state index is 13.0. The normalized spacial score (nSPS) is 11.7. The van der Waals surface area contributed by atoms with Crippen molar-refractivity contribution in [3.05, 3.63) is 34.1 Å². The maximum Gasteiger partial charge on any atom is 0.320 e. The molecule has 0 bridgehead atoms. The molecule has 15 heavy (non-hydrogen) atoms. The third kappa shape index (κ3) is 4.15. The minimum Gasteiger partial charge on any atom is -0.480 e. The molecule has 0 amide bonds. The summed E-state index contributed by atoms with van der Waals surface area (Å²) in [6.07, 6.45) is 0.125. The van der Waals surface area contributed by atoms with Crippen molar-refractivity contribution in [1.29, 1.82) is 0 Å². The molecule has 0 spiro atoms. The van der Waals surface area contributed by atoms with Crippen LogP contribution in [0.15, 0.2) is 22.7 Å². The Morgan fingerprint density at radius 2 is 2.20 bits per heavy atom. The van der Waals surface area contributed by atoms with E-state index in [-0.39, 0.29) is 18.8 Å². The van der Waals surface area contributed by atoms with E-state index < -0.39 is 17.8 Å². The first kappa shape index (κ1) is 14.3. The summed E-state index contributed by atoms with van der Waals surface area (Å²) in [5.41, 5.74) is 5.87. The van der Waals surface area contributed by atoms with Gasteiger partial charge in [-0.15, -0.1) is 12.4 Å². The van der Waals surface area contributed by atoms with Gasteiger partial charge >= 0.3 is 5.97 Å². The van der Waals surface area contributed by atoms with Gasteiger partial charge in [0.2, 0.25) is 0 Å². The molecule has 6 heteroatoms. The summed E-state index contributed by atoms with van der Waals surface area (Å²) in [5.74, 6) is -1.51. The molecule has 0 aliphatic rings. The Balaban J connectivity index is 0.00000196. The van der Waals surface area contributed by atoms with Crippen molar-refractivity contribution in [2.24, 2.45) is 5.73 Å². The van der Waals surface area contributed by atoms with Crippen LogP contribution in [-0.4, -0.2) is 17.1 Å². The minimum absolute atomic E-state index is 0. The molecule has 3 N–H and O–H groups in total. The van der Waals surface area contributed by atoms with Crippen molar-refractivity contribution >= 4 is 34.3 Å². The molecule has 0 saturated heterocycles. The van der Waals surface area contributed by atoms with Crippen LogP contribution in [0.5, 0.6) is 0 Å². The first-order valence-electron chi connectivity index (χ1n) is 3.93. The fourth-order valence-electron chi connectivity index (χ4n) is 1.01. The van der Waals surface area contributed by atoms with Crippen molar-refractivity contribution < 1.29 is 14.3 Å². The Hall–Kier alpha value is -0.650. The molecule has 0 saturated carbocycles. The van der Waals surface area contributed by atoms with Gasteiger partial charge in [0, 0.05) is 0 Å². The van der Waals surface area contributed by atoms with Gasteiger partial charge in [0.15, 0.2) is 0 Å². The lowest BCUT2D eigenvalue weighted by molar-refractivity contribution is -0.138. The molecule has 1 aromatic rings. The topological polar surface area (TPSA) is 63.3 Å². The zero-order valence-electron chi connectivity index (χ0n) is 7.61. The molecule has 0 fully saturated rings. The molecule has 0 radical (unpaired) electrons. The van der Waals surface area contributed by atoms with Crippen LogP contribution in [0.25, 0.3) is 0 Å². The van der Waals surface area contributed by atoms with Gasteiger partial charge in [0.25, 0.3) is 0 Å². The van der Waals surface area contributed by atoms with Crippen LogP contribution in [0.3, 0.4) is 0 Å². The summed E-state index contributed by atoms with van der Waals surface area (Å²) in [4.78, 5) is 10.4. The highest BCUT2D eigenvalue weighted by Gasteiger charge is 2.12. The Morgan fingerprint density at radius 3 is 2.67 bits per heavy atom. The summed E-state index contributed by atoms with van der Waals surface area (Å²) in [6, 6.07) is 3.44. The molecular weight excluding hydrogens is 288 g/mol. The van der Waals surface area contributed by atoms with E-state index in [9.17, 15) is 9.18 Å². The quantitative estimate of drug-likeness (QED) is 0.896. The largest absolute Gasteiger partial charge is 0.480 e. The Bertz CT molecular complexity index is 362. The first-order valence-corrected chi connectivity index (χ1v) is 4.72. The number of halogens is 3. The summed E-state index contributed by atoms with van der Waals surface area (Å²) in [6.45, 7) is 0. The fraction of sp³-hybridized carbons (Fsp3) is 0.222. The van der Waals surface area contributed by atoms with Gasteiger partial charge in [-0.3, -0.25) is 4.79 Å². The van der Waals surface area contributed by atoms with Gasteiger partial charge in [-0.1, -0.05) is 6.07 Å². The average molecular weight is 299 g/mol. The fourth-order valence-corrected chi connectivity index (χ4v) is 1.25. The Morgan fingerprint density at radius 1 is 1.60 bits per heavy atom. The molecule has 0 unspecified atom stereocenters. The summed E-state index contributed by atoms with van der Waals surface area (Å²) < 4.78 is 13.3. The highest BCUT2D eigenvalue weighted by Crippen LogP contribution is 2.16. The van der Waals surface area contributed by atoms with Crippen LogP contribution in [0.1, 0.15) is 5.56 Å². The number of rotatable bonds is 3. The van der Waals surface area contributed by atoms with Crippen molar-refractivity contribution in [3.63, 3.8) is 0 Å². The Kier molecular flexibility index (Phi) is 5.79. The van der Waals surface area contributed by atoms with Gasteiger partial charge < -0.3 is 10.8 Å². The molecule has 1 atom stereocenters. The van der Waals surface area contributed by atoms with Crippen molar-refractivity contribution in [2.45, 2.75) is 12.5 Å². The molecule has 84 valence electrons. The van der Waals surface area contributed by atoms with Gasteiger partial charge in [-0.2, -0.15) is 0 Å². The van der Waals surface area contributed by atoms with Crippen molar-refractivity contribution in [2.75, 3.05) is 0 Å². The number of aliphatic carboxylic acids is 1. The summed E-state index contributed by atoms with van der Waals surface area (Å²) in [5, 5.41) is 8.54. The minimum atomic E-state index is -1.09. The molecule has 0 aromatic heterocycles. The van der Waals surface area contributed by atoms with Crippen LogP contribution >= 0.6 is 28.3 Å². The number of carbonyl (C=O) groups is 1. The standard InChI is InChI=1S/C9H9BrFNO2.ClH/c10-6-2-1-5(3-7(6)11)4-8(12)9(13)14;/h1-3,8H,4,12H2,(H,13,14);1H/t8-;/m0./s1. The predicted molar refractivity (Wildman–Crippen MR) is 60.7 cm³/mol. The maximum absolute atomic E-state index is 13.0. The number of hydrogen-bond donors (Lipinski definition) is 2. The predicted octanol–water partition coefficient (Wildman–Crippen LogP) is 1.96.